The number of nitrogens with one attached hydrogen (secondary N) is 1. The molecule has 0 saturated carbocycles. The van der Waals surface area contributed by atoms with Crippen LogP contribution in [-0.2, 0) is 6.18 Å². The number of benzene rings is 2. The minimum atomic E-state index is -4.78. The summed E-state index contributed by atoms with van der Waals surface area (Å²) in [5.74, 6) is -0.0156. The summed E-state index contributed by atoms with van der Waals surface area (Å²) in [6.45, 7) is 1.54. The Hall–Kier alpha value is -4.41. The Labute approximate surface area is 183 Å². The van der Waals surface area contributed by atoms with Crippen LogP contribution in [-0.4, -0.2) is 24.8 Å². The van der Waals surface area contributed by atoms with Gasteiger partial charge in [0.1, 0.15) is 11.2 Å². The monoisotopic (exact) mass is 452 g/mol. The zero-order valence-corrected chi connectivity index (χ0v) is 17.0. The molecule has 166 valence electrons. The van der Waals surface area contributed by atoms with Crippen molar-refractivity contribution in [1.82, 2.24) is 24.8 Å². The van der Waals surface area contributed by atoms with Gasteiger partial charge in [-0.15, -0.1) is 10.2 Å². The number of aromatic amines is 1. The standard InChI is InChI=1S/C22H15F3N6O2/c1-11-15(20-29-28-19(33-20)13-7-9-14(26)10-8-13)21(32)31-18(27-11)16(12-5-3-2-4-6-12)17(30-31)22(23,24)25/h2-10,27H,26H2,1H3. The summed E-state index contributed by atoms with van der Waals surface area (Å²) >= 11 is 0. The van der Waals surface area contributed by atoms with E-state index in [9.17, 15) is 18.0 Å². The van der Waals surface area contributed by atoms with Gasteiger partial charge in [-0.2, -0.15) is 22.8 Å². The smallest absolute Gasteiger partial charge is 0.416 e. The van der Waals surface area contributed by atoms with Crippen molar-refractivity contribution in [2.75, 3.05) is 5.73 Å². The fraction of sp³-hybridized carbons (Fsp3) is 0.0909. The van der Waals surface area contributed by atoms with Crippen LogP contribution in [0, 0.1) is 6.92 Å². The number of alkyl halides is 3. The molecule has 3 N–H and O–H groups in total. The SMILES string of the molecule is Cc1[nH]c2c(-c3ccccc3)c(C(F)(F)F)nn2c(=O)c1-c1nnc(-c2ccc(N)cc2)o1. The predicted molar refractivity (Wildman–Crippen MR) is 114 cm³/mol. The normalized spacial score (nSPS) is 11.9. The summed E-state index contributed by atoms with van der Waals surface area (Å²) in [5, 5.41) is 11.5. The van der Waals surface area contributed by atoms with Gasteiger partial charge in [-0.3, -0.25) is 4.79 Å². The molecule has 3 heterocycles. The molecule has 0 spiro atoms. The van der Waals surface area contributed by atoms with E-state index in [1.165, 1.54) is 12.1 Å². The summed E-state index contributed by atoms with van der Waals surface area (Å²) in [5.41, 5.74) is 4.95. The fourth-order valence-corrected chi connectivity index (χ4v) is 3.58. The van der Waals surface area contributed by atoms with Gasteiger partial charge in [0.05, 0.1) is 5.56 Å². The van der Waals surface area contributed by atoms with Crippen molar-refractivity contribution in [3.05, 3.63) is 76.3 Å². The number of hydrogen-bond donors (Lipinski definition) is 2. The molecule has 11 heteroatoms. The Kier molecular flexibility index (Phi) is 4.55. The number of aryl methyl sites for hydroxylation is 1. The van der Waals surface area contributed by atoms with Gasteiger partial charge in [-0.1, -0.05) is 30.3 Å². The first-order chi connectivity index (χ1) is 15.7. The number of nitrogen functional groups attached to an aromatic ring is 1. The van der Waals surface area contributed by atoms with Crippen molar-refractivity contribution in [2.24, 2.45) is 0 Å². The maximum absolute atomic E-state index is 13.8. The molecule has 0 amide bonds. The minimum absolute atomic E-state index is 0.0764. The molecule has 5 rings (SSSR count). The number of rotatable bonds is 3. The number of aromatic nitrogens is 5. The quantitative estimate of drug-likeness (QED) is 0.394. The van der Waals surface area contributed by atoms with E-state index in [0.29, 0.717) is 15.8 Å². The van der Waals surface area contributed by atoms with Gasteiger partial charge in [0.25, 0.3) is 11.4 Å². The lowest BCUT2D eigenvalue weighted by molar-refractivity contribution is -0.140. The molecule has 8 nitrogen and oxygen atoms in total. The fourth-order valence-electron chi connectivity index (χ4n) is 3.58. The molecule has 0 fully saturated rings. The molecule has 0 atom stereocenters. The van der Waals surface area contributed by atoms with Gasteiger partial charge in [-0.25, -0.2) is 0 Å². The second-order valence-electron chi connectivity index (χ2n) is 7.31. The van der Waals surface area contributed by atoms with Crippen molar-refractivity contribution in [3.8, 4) is 34.0 Å². The Balaban J connectivity index is 1.72. The molecule has 0 saturated heterocycles. The van der Waals surface area contributed by atoms with E-state index in [1.807, 2.05) is 0 Å². The molecule has 5 aromatic rings. The second kappa shape index (κ2) is 7.33. The number of anilines is 1. The summed E-state index contributed by atoms with van der Waals surface area (Å²) in [6.07, 6.45) is -4.78. The third kappa shape index (κ3) is 3.43. The van der Waals surface area contributed by atoms with E-state index < -0.39 is 17.4 Å². The van der Waals surface area contributed by atoms with Gasteiger partial charge in [0, 0.05) is 16.9 Å². The van der Waals surface area contributed by atoms with Gasteiger partial charge in [0.2, 0.25) is 5.89 Å². The van der Waals surface area contributed by atoms with E-state index >= 15 is 0 Å². The summed E-state index contributed by atoms with van der Waals surface area (Å²) in [6, 6.07) is 14.6. The lowest BCUT2D eigenvalue weighted by Gasteiger charge is -2.07. The summed E-state index contributed by atoms with van der Waals surface area (Å²) in [4.78, 5) is 16.1. The zero-order valence-electron chi connectivity index (χ0n) is 17.0. The van der Waals surface area contributed by atoms with Crippen LogP contribution >= 0.6 is 0 Å². The molecule has 0 aliphatic rings. The molecule has 0 unspecified atom stereocenters. The number of fused-ring (bicyclic) bond motifs is 1. The van der Waals surface area contributed by atoms with E-state index in [-0.39, 0.29) is 39.8 Å². The van der Waals surface area contributed by atoms with E-state index in [0.717, 1.165) is 0 Å². The van der Waals surface area contributed by atoms with E-state index in [1.54, 1.807) is 49.4 Å². The first-order valence-corrected chi connectivity index (χ1v) is 9.72. The molecule has 0 radical (unpaired) electrons. The van der Waals surface area contributed by atoms with E-state index in [2.05, 4.69) is 20.3 Å². The number of H-pyrrole nitrogens is 1. The van der Waals surface area contributed by atoms with Crippen molar-refractivity contribution in [1.29, 1.82) is 0 Å². The Morgan fingerprint density at radius 3 is 2.27 bits per heavy atom. The molecule has 0 bridgehead atoms. The van der Waals surface area contributed by atoms with Gasteiger partial charge in [-0.05, 0) is 36.8 Å². The Bertz CT molecular complexity index is 1530. The van der Waals surface area contributed by atoms with Crippen LogP contribution in [0.2, 0.25) is 0 Å². The maximum Gasteiger partial charge on any atom is 0.435 e. The van der Waals surface area contributed by atoms with Crippen LogP contribution in [0.25, 0.3) is 39.7 Å². The predicted octanol–water partition coefficient (Wildman–Crippen LogP) is 4.32. The Morgan fingerprint density at radius 1 is 0.939 bits per heavy atom. The van der Waals surface area contributed by atoms with Crippen LogP contribution in [0.1, 0.15) is 11.4 Å². The van der Waals surface area contributed by atoms with Gasteiger partial charge >= 0.3 is 6.18 Å². The summed E-state index contributed by atoms with van der Waals surface area (Å²) in [7, 11) is 0. The maximum atomic E-state index is 13.8. The van der Waals surface area contributed by atoms with E-state index in [4.69, 9.17) is 10.2 Å². The molecule has 2 aromatic carbocycles. The van der Waals surface area contributed by atoms with Crippen molar-refractivity contribution in [2.45, 2.75) is 13.1 Å². The van der Waals surface area contributed by atoms with Crippen LogP contribution < -0.4 is 11.3 Å². The molecule has 3 aromatic heterocycles. The van der Waals surface area contributed by atoms with Crippen LogP contribution in [0.3, 0.4) is 0 Å². The van der Waals surface area contributed by atoms with Crippen molar-refractivity contribution < 1.29 is 17.6 Å². The average molecular weight is 452 g/mol. The van der Waals surface area contributed by atoms with Crippen molar-refractivity contribution >= 4 is 11.3 Å². The minimum Gasteiger partial charge on any atom is -0.416 e. The van der Waals surface area contributed by atoms with Crippen LogP contribution in [0.5, 0.6) is 0 Å². The van der Waals surface area contributed by atoms with Gasteiger partial charge < -0.3 is 15.1 Å². The highest BCUT2D eigenvalue weighted by Crippen LogP contribution is 2.38. The highest BCUT2D eigenvalue weighted by Gasteiger charge is 2.39. The number of halogens is 3. The molecule has 33 heavy (non-hydrogen) atoms. The third-order valence-electron chi connectivity index (χ3n) is 5.10. The molecular weight excluding hydrogens is 437 g/mol. The molecule has 0 aliphatic heterocycles. The first kappa shape index (κ1) is 20.5. The molecule has 0 aliphatic carbocycles. The lowest BCUT2D eigenvalue weighted by Crippen LogP contribution is -2.20. The number of nitrogens with zero attached hydrogens (tertiary/aromatic N) is 4. The zero-order chi connectivity index (χ0) is 23.3. The first-order valence-electron chi connectivity index (χ1n) is 9.72. The Morgan fingerprint density at radius 2 is 1.61 bits per heavy atom. The number of hydrogen-bond acceptors (Lipinski definition) is 6. The lowest BCUT2D eigenvalue weighted by atomic mass is 10.1. The average Bonchev–Trinajstić information content (AvgIpc) is 3.40. The number of nitrogens with two attached hydrogens (primary N) is 1. The summed E-state index contributed by atoms with van der Waals surface area (Å²) < 4.78 is 47.7. The topological polar surface area (TPSA) is 115 Å². The highest BCUT2D eigenvalue weighted by atomic mass is 19.4. The van der Waals surface area contributed by atoms with Crippen LogP contribution in [0.15, 0.2) is 63.8 Å². The largest absolute Gasteiger partial charge is 0.435 e. The van der Waals surface area contributed by atoms with Crippen molar-refractivity contribution in [3.63, 3.8) is 0 Å². The van der Waals surface area contributed by atoms with Crippen LogP contribution in [0.4, 0.5) is 18.9 Å². The van der Waals surface area contributed by atoms with Gasteiger partial charge in [0.15, 0.2) is 5.69 Å². The second-order valence-corrected chi connectivity index (χ2v) is 7.31. The molecular formula is C22H15F3N6O2. The highest BCUT2D eigenvalue weighted by molar-refractivity contribution is 5.81. The third-order valence-corrected chi connectivity index (χ3v) is 5.10.